The Bertz CT molecular complexity index is 440. The molecule has 0 aromatic carbocycles. The molecule has 0 saturated heterocycles. The molecule has 7 N–H and O–H groups in total. The van der Waals surface area contributed by atoms with E-state index in [-0.39, 0.29) is 12.8 Å². The summed E-state index contributed by atoms with van der Waals surface area (Å²) in [5, 5.41) is 30.5. The SMILES string of the molecule is CCCCC(N)(NC(=O)NC(CCC(=O)O)C(=O)O)C(=O)O. The molecule has 2 atom stereocenters. The number of carboxylic acids is 3. The molecule has 0 aromatic heterocycles. The summed E-state index contributed by atoms with van der Waals surface area (Å²) in [4.78, 5) is 44.2. The zero-order chi connectivity index (χ0) is 17.3. The lowest BCUT2D eigenvalue weighted by Gasteiger charge is -2.26. The minimum atomic E-state index is -2.02. The van der Waals surface area contributed by atoms with Crippen LogP contribution in [0.2, 0.25) is 0 Å². The van der Waals surface area contributed by atoms with Crippen LogP contribution in [0.5, 0.6) is 0 Å². The van der Waals surface area contributed by atoms with Gasteiger partial charge in [0.2, 0.25) is 0 Å². The lowest BCUT2D eigenvalue weighted by molar-refractivity contribution is -0.144. The van der Waals surface area contributed by atoms with Crippen molar-refractivity contribution in [3.05, 3.63) is 0 Å². The van der Waals surface area contributed by atoms with E-state index in [2.05, 4.69) is 0 Å². The quantitative estimate of drug-likeness (QED) is 0.292. The number of urea groups is 1. The maximum absolute atomic E-state index is 11.7. The molecule has 0 aliphatic heterocycles. The maximum atomic E-state index is 11.7. The first-order chi connectivity index (χ1) is 10.1. The highest BCUT2D eigenvalue weighted by molar-refractivity contribution is 5.88. The highest BCUT2D eigenvalue weighted by Crippen LogP contribution is 2.09. The van der Waals surface area contributed by atoms with E-state index in [0.717, 1.165) is 0 Å². The molecule has 0 saturated carbocycles. The average Bonchev–Trinajstić information content (AvgIpc) is 2.40. The van der Waals surface area contributed by atoms with Gasteiger partial charge in [0.15, 0.2) is 5.66 Å². The van der Waals surface area contributed by atoms with Gasteiger partial charge in [0, 0.05) is 6.42 Å². The third-order valence-electron chi connectivity index (χ3n) is 2.89. The number of amides is 2. The molecule has 10 heteroatoms. The molecular formula is C12H21N3O7. The Morgan fingerprint density at radius 3 is 2.18 bits per heavy atom. The average molecular weight is 319 g/mol. The lowest BCUT2D eigenvalue weighted by atomic mass is 10.0. The number of aliphatic carboxylic acids is 3. The fourth-order valence-electron chi connectivity index (χ4n) is 1.60. The second-order valence-electron chi connectivity index (χ2n) is 4.80. The summed E-state index contributed by atoms with van der Waals surface area (Å²) in [5.41, 5.74) is 3.57. The molecule has 0 spiro atoms. The monoisotopic (exact) mass is 319 g/mol. The van der Waals surface area contributed by atoms with Gasteiger partial charge in [-0.15, -0.1) is 0 Å². The van der Waals surface area contributed by atoms with E-state index < -0.39 is 42.1 Å². The molecule has 0 rings (SSSR count). The van der Waals surface area contributed by atoms with Crippen molar-refractivity contribution in [3.63, 3.8) is 0 Å². The normalized spacial score (nSPS) is 14.5. The van der Waals surface area contributed by atoms with Gasteiger partial charge in [0.25, 0.3) is 0 Å². The molecule has 2 amide bonds. The third-order valence-corrected chi connectivity index (χ3v) is 2.89. The van der Waals surface area contributed by atoms with Gasteiger partial charge in [-0.3, -0.25) is 10.5 Å². The molecule has 0 aliphatic carbocycles. The van der Waals surface area contributed by atoms with Crippen molar-refractivity contribution in [2.75, 3.05) is 0 Å². The van der Waals surface area contributed by atoms with E-state index in [1.807, 2.05) is 17.6 Å². The van der Waals surface area contributed by atoms with Crippen LogP contribution in [-0.2, 0) is 14.4 Å². The number of unbranched alkanes of at least 4 members (excludes halogenated alkanes) is 1. The summed E-state index contributed by atoms with van der Waals surface area (Å²) in [6.07, 6.45) is 0.285. The summed E-state index contributed by atoms with van der Waals surface area (Å²) >= 11 is 0. The second-order valence-corrected chi connectivity index (χ2v) is 4.80. The van der Waals surface area contributed by atoms with E-state index >= 15 is 0 Å². The number of carboxylic acid groups (broad SMARTS) is 3. The molecule has 2 unspecified atom stereocenters. The molecule has 22 heavy (non-hydrogen) atoms. The van der Waals surface area contributed by atoms with E-state index in [1.165, 1.54) is 0 Å². The standard InChI is InChI=1S/C12H21N3O7/c1-2-3-6-12(13,10(20)21)15-11(22)14-7(9(18)19)4-5-8(16)17/h7H,2-6,13H2,1H3,(H,16,17)(H,18,19)(H,20,21)(H2,14,15,22). The molecule has 0 radical (unpaired) electrons. The van der Waals surface area contributed by atoms with Crippen molar-refractivity contribution >= 4 is 23.9 Å². The third kappa shape index (κ3) is 6.88. The zero-order valence-corrected chi connectivity index (χ0v) is 12.2. The number of rotatable bonds is 10. The van der Waals surface area contributed by atoms with Crippen molar-refractivity contribution in [2.24, 2.45) is 5.73 Å². The molecule has 126 valence electrons. The Morgan fingerprint density at radius 2 is 1.77 bits per heavy atom. The molecule has 0 fully saturated rings. The van der Waals surface area contributed by atoms with Crippen molar-refractivity contribution in [2.45, 2.75) is 50.7 Å². The number of hydrogen-bond acceptors (Lipinski definition) is 5. The summed E-state index contributed by atoms with van der Waals surface area (Å²) in [7, 11) is 0. The van der Waals surface area contributed by atoms with Gasteiger partial charge in [-0.2, -0.15) is 0 Å². The van der Waals surface area contributed by atoms with E-state index in [4.69, 9.17) is 21.1 Å². The van der Waals surface area contributed by atoms with Crippen LogP contribution in [-0.4, -0.2) is 51.0 Å². The Labute approximate surface area is 126 Å². The number of carbonyl (C=O) groups excluding carboxylic acids is 1. The van der Waals surface area contributed by atoms with Gasteiger partial charge in [-0.05, 0) is 19.3 Å². The molecule has 0 heterocycles. The topological polar surface area (TPSA) is 179 Å². The highest BCUT2D eigenvalue weighted by Gasteiger charge is 2.36. The van der Waals surface area contributed by atoms with Crippen molar-refractivity contribution in [3.8, 4) is 0 Å². The fraction of sp³-hybridized carbons (Fsp3) is 0.667. The van der Waals surface area contributed by atoms with Crippen LogP contribution in [0.4, 0.5) is 4.79 Å². The minimum Gasteiger partial charge on any atom is -0.481 e. The van der Waals surface area contributed by atoms with Crippen LogP contribution in [0.3, 0.4) is 0 Å². The summed E-state index contributed by atoms with van der Waals surface area (Å²) in [6, 6.07) is -2.54. The van der Waals surface area contributed by atoms with Crippen molar-refractivity contribution in [1.82, 2.24) is 10.6 Å². The Morgan fingerprint density at radius 1 is 1.18 bits per heavy atom. The van der Waals surface area contributed by atoms with Crippen molar-refractivity contribution in [1.29, 1.82) is 0 Å². The first kappa shape index (κ1) is 19.6. The van der Waals surface area contributed by atoms with Crippen LogP contribution >= 0.6 is 0 Å². The summed E-state index contributed by atoms with van der Waals surface area (Å²) in [6.45, 7) is 1.81. The second kappa shape index (κ2) is 8.82. The zero-order valence-electron chi connectivity index (χ0n) is 12.2. The van der Waals surface area contributed by atoms with Gasteiger partial charge in [-0.1, -0.05) is 13.3 Å². The molecular weight excluding hydrogens is 298 g/mol. The van der Waals surface area contributed by atoms with Crippen molar-refractivity contribution < 1.29 is 34.5 Å². The summed E-state index contributed by atoms with van der Waals surface area (Å²) < 4.78 is 0. The maximum Gasteiger partial charge on any atom is 0.344 e. The largest absolute Gasteiger partial charge is 0.481 e. The van der Waals surface area contributed by atoms with Crippen LogP contribution in [0.15, 0.2) is 0 Å². The van der Waals surface area contributed by atoms with Gasteiger partial charge < -0.3 is 26.0 Å². The number of hydrogen-bond donors (Lipinski definition) is 6. The number of carbonyl (C=O) groups is 4. The van der Waals surface area contributed by atoms with E-state index in [1.54, 1.807) is 0 Å². The van der Waals surface area contributed by atoms with Crippen LogP contribution in [0.25, 0.3) is 0 Å². The van der Waals surface area contributed by atoms with Crippen LogP contribution < -0.4 is 16.4 Å². The Kier molecular flexibility index (Phi) is 7.88. The lowest BCUT2D eigenvalue weighted by Crippen LogP contribution is -2.64. The smallest absolute Gasteiger partial charge is 0.344 e. The van der Waals surface area contributed by atoms with E-state index in [9.17, 15) is 19.2 Å². The molecule has 0 aromatic rings. The molecule has 10 nitrogen and oxygen atoms in total. The number of nitrogens with one attached hydrogen (secondary N) is 2. The summed E-state index contributed by atoms with van der Waals surface area (Å²) in [5.74, 6) is -4.09. The Balaban J connectivity index is 4.74. The van der Waals surface area contributed by atoms with Crippen LogP contribution in [0.1, 0.15) is 39.0 Å². The van der Waals surface area contributed by atoms with Gasteiger partial charge in [0.1, 0.15) is 6.04 Å². The van der Waals surface area contributed by atoms with Gasteiger partial charge in [-0.25, -0.2) is 14.4 Å². The van der Waals surface area contributed by atoms with Crippen LogP contribution in [0, 0.1) is 0 Å². The number of nitrogens with two attached hydrogens (primary N) is 1. The predicted molar refractivity (Wildman–Crippen MR) is 74.0 cm³/mol. The highest BCUT2D eigenvalue weighted by atomic mass is 16.4. The first-order valence-electron chi connectivity index (χ1n) is 6.68. The molecule has 0 aliphatic rings. The van der Waals surface area contributed by atoms with Gasteiger partial charge >= 0.3 is 23.9 Å². The first-order valence-corrected chi connectivity index (χ1v) is 6.68. The molecule has 0 bridgehead atoms. The van der Waals surface area contributed by atoms with E-state index in [0.29, 0.717) is 12.8 Å². The minimum absolute atomic E-state index is 0.0287. The Hall–Kier alpha value is -2.36. The van der Waals surface area contributed by atoms with Gasteiger partial charge in [0.05, 0.1) is 0 Å². The predicted octanol–water partition coefficient (Wildman–Crippen LogP) is -0.467. The fourth-order valence-corrected chi connectivity index (χ4v) is 1.60.